The van der Waals surface area contributed by atoms with E-state index in [0.717, 1.165) is 7.11 Å². The number of alkyl halides is 3. The molecule has 0 aromatic carbocycles. The Kier molecular flexibility index (Phi) is 2.92. The van der Waals surface area contributed by atoms with Crippen LogP contribution in [0.4, 0.5) is 17.6 Å². The molecule has 1 heterocycles. The van der Waals surface area contributed by atoms with Gasteiger partial charge < -0.3 is 4.74 Å². The third-order valence-electron chi connectivity index (χ3n) is 1.57. The van der Waals surface area contributed by atoms with Crippen molar-refractivity contribution in [2.75, 3.05) is 7.11 Å². The largest absolute Gasteiger partial charge is 0.465 e. The molecule has 1 rings (SSSR count). The van der Waals surface area contributed by atoms with Gasteiger partial charge in [0.1, 0.15) is 5.56 Å². The molecule has 1 aromatic rings. The summed E-state index contributed by atoms with van der Waals surface area (Å²) >= 11 is 0. The molecule has 0 saturated carbocycles. The highest BCUT2D eigenvalue weighted by molar-refractivity contribution is 5.89. The number of carbonyl (C=O) groups excluding carboxylic acids is 1. The minimum Gasteiger partial charge on any atom is -0.465 e. The van der Waals surface area contributed by atoms with Crippen molar-refractivity contribution in [3.8, 4) is 0 Å². The third-order valence-corrected chi connectivity index (χ3v) is 1.57. The van der Waals surface area contributed by atoms with E-state index in [1.54, 1.807) is 0 Å². The molecule has 0 spiro atoms. The van der Waals surface area contributed by atoms with Crippen LogP contribution in [-0.2, 0) is 10.9 Å². The molecule has 0 bridgehead atoms. The maximum atomic E-state index is 12.6. The summed E-state index contributed by atoms with van der Waals surface area (Å²) in [5.41, 5.74) is -2.04. The Bertz CT molecular complexity index is 389. The van der Waals surface area contributed by atoms with Crippen LogP contribution in [0.25, 0.3) is 0 Å². The lowest BCUT2D eigenvalue weighted by Gasteiger charge is -2.07. The number of hydrogen-bond donors (Lipinski definition) is 0. The molecule has 0 radical (unpaired) electrons. The number of nitrogens with zero attached hydrogens (tertiary/aromatic N) is 1. The number of pyridine rings is 1. The van der Waals surface area contributed by atoms with Gasteiger partial charge in [0.2, 0.25) is 5.95 Å². The number of hydrogen-bond acceptors (Lipinski definition) is 3. The monoisotopic (exact) mass is 223 g/mol. The molecule has 82 valence electrons. The summed E-state index contributed by atoms with van der Waals surface area (Å²) in [5.74, 6) is -2.68. The predicted octanol–water partition coefficient (Wildman–Crippen LogP) is 2.03. The second-order valence-electron chi connectivity index (χ2n) is 2.55. The van der Waals surface area contributed by atoms with E-state index in [9.17, 15) is 22.4 Å². The number of esters is 1. The average molecular weight is 223 g/mol. The first kappa shape index (κ1) is 11.4. The molecule has 3 nitrogen and oxygen atoms in total. The average Bonchev–Trinajstić information content (AvgIpc) is 2.15. The fourth-order valence-corrected chi connectivity index (χ4v) is 0.876. The molecule has 0 unspecified atom stereocenters. The van der Waals surface area contributed by atoms with Gasteiger partial charge in [-0.3, -0.25) is 0 Å². The first-order chi connectivity index (χ1) is 6.86. The Morgan fingerprint density at radius 1 is 1.47 bits per heavy atom. The first-order valence-corrected chi connectivity index (χ1v) is 3.67. The molecular formula is C8H5F4NO2. The second kappa shape index (κ2) is 3.84. The van der Waals surface area contributed by atoms with Crippen LogP contribution < -0.4 is 0 Å². The molecule has 1 aromatic heterocycles. The number of carbonyl (C=O) groups is 1. The van der Waals surface area contributed by atoms with Gasteiger partial charge in [-0.15, -0.1) is 0 Å². The Balaban J connectivity index is 3.23. The molecule has 0 aliphatic rings. The number of halogens is 4. The maximum absolute atomic E-state index is 12.6. The molecular weight excluding hydrogens is 218 g/mol. The maximum Gasteiger partial charge on any atom is 0.420 e. The van der Waals surface area contributed by atoms with E-state index in [2.05, 4.69) is 9.72 Å². The fourth-order valence-electron chi connectivity index (χ4n) is 0.876. The smallest absolute Gasteiger partial charge is 0.420 e. The SMILES string of the molecule is COC(=O)c1cnc(F)c(C(F)(F)F)c1. The van der Waals surface area contributed by atoms with Crippen molar-refractivity contribution >= 4 is 5.97 Å². The van der Waals surface area contributed by atoms with Crippen LogP contribution in [-0.4, -0.2) is 18.1 Å². The van der Waals surface area contributed by atoms with Gasteiger partial charge >= 0.3 is 12.1 Å². The summed E-state index contributed by atoms with van der Waals surface area (Å²) in [5, 5.41) is 0. The topological polar surface area (TPSA) is 39.2 Å². The van der Waals surface area contributed by atoms with Crippen molar-refractivity contribution in [2.45, 2.75) is 6.18 Å². The van der Waals surface area contributed by atoms with E-state index in [1.807, 2.05) is 0 Å². The van der Waals surface area contributed by atoms with Crippen LogP contribution >= 0.6 is 0 Å². The van der Waals surface area contributed by atoms with Crippen molar-refractivity contribution in [3.63, 3.8) is 0 Å². The van der Waals surface area contributed by atoms with Crippen molar-refractivity contribution < 1.29 is 27.1 Å². The van der Waals surface area contributed by atoms with Crippen LogP contribution in [0.15, 0.2) is 12.3 Å². The predicted molar refractivity (Wildman–Crippen MR) is 40.5 cm³/mol. The summed E-state index contributed by atoms with van der Waals surface area (Å²) in [6.07, 6.45) is -4.21. The zero-order chi connectivity index (χ0) is 11.6. The molecule has 0 saturated heterocycles. The molecule has 0 amide bonds. The molecule has 0 aliphatic heterocycles. The highest BCUT2D eigenvalue weighted by Gasteiger charge is 2.35. The van der Waals surface area contributed by atoms with Crippen LogP contribution in [0, 0.1) is 5.95 Å². The number of rotatable bonds is 1. The van der Waals surface area contributed by atoms with Crippen LogP contribution in [0.2, 0.25) is 0 Å². The van der Waals surface area contributed by atoms with E-state index in [-0.39, 0.29) is 0 Å². The quantitative estimate of drug-likeness (QED) is 0.415. The Labute approximate surface area is 81.7 Å². The van der Waals surface area contributed by atoms with Crippen molar-refractivity contribution in [2.24, 2.45) is 0 Å². The Morgan fingerprint density at radius 3 is 2.53 bits per heavy atom. The third kappa shape index (κ3) is 2.42. The van der Waals surface area contributed by atoms with Crippen molar-refractivity contribution in [1.29, 1.82) is 0 Å². The summed E-state index contributed by atoms with van der Waals surface area (Å²) in [6.45, 7) is 0. The standard InChI is InChI=1S/C8H5F4NO2/c1-15-7(14)4-2-5(8(10,11)12)6(9)13-3-4/h2-3H,1H3. The Morgan fingerprint density at radius 2 is 2.07 bits per heavy atom. The zero-order valence-corrected chi connectivity index (χ0v) is 7.43. The summed E-state index contributed by atoms with van der Waals surface area (Å²) in [6, 6.07) is 0.355. The zero-order valence-electron chi connectivity index (χ0n) is 7.43. The van der Waals surface area contributed by atoms with Gasteiger partial charge in [-0.25, -0.2) is 9.78 Å². The van der Waals surface area contributed by atoms with Crippen LogP contribution in [0.3, 0.4) is 0 Å². The number of methoxy groups -OCH3 is 1. The first-order valence-electron chi connectivity index (χ1n) is 3.67. The van der Waals surface area contributed by atoms with Gasteiger partial charge in [0.25, 0.3) is 0 Å². The molecule has 0 N–H and O–H groups in total. The summed E-state index contributed by atoms with van der Waals surface area (Å²) in [4.78, 5) is 13.7. The molecule has 0 atom stereocenters. The van der Waals surface area contributed by atoms with E-state index in [0.29, 0.717) is 12.3 Å². The van der Waals surface area contributed by atoms with Crippen LogP contribution in [0.1, 0.15) is 15.9 Å². The summed E-state index contributed by atoms with van der Waals surface area (Å²) < 4.78 is 53.3. The minimum atomic E-state index is -4.89. The molecule has 0 fully saturated rings. The fraction of sp³-hybridized carbons (Fsp3) is 0.250. The number of ether oxygens (including phenoxy) is 1. The van der Waals surface area contributed by atoms with Gasteiger partial charge in [0.15, 0.2) is 0 Å². The molecule has 0 aliphatic carbocycles. The van der Waals surface area contributed by atoms with Gasteiger partial charge in [0.05, 0.1) is 12.7 Å². The van der Waals surface area contributed by atoms with E-state index in [4.69, 9.17) is 0 Å². The lowest BCUT2D eigenvalue weighted by Crippen LogP contribution is -2.12. The van der Waals surface area contributed by atoms with E-state index < -0.39 is 29.2 Å². The van der Waals surface area contributed by atoms with Crippen LogP contribution in [0.5, 0.6) is 0 Å². The van der Waals surface area contributed by atoms with Crippen molar-refractivity contribution in [3.05, 3.63) is 29.3 Å². The Hall–Kier alpha value is -1.66. The molecule has 7 heteroatoms. The molecule has 15 heavy (non-hydrogen) atoms. The normalized spacial score (nSPS) is 11.3. The summed E-state index contributed by atoms with van der Waals surface area (Å²) in [7, 11) is 0.999. The van der Waals surface area contributed by atoms with Crippen molar-refractivity contribution in [1.82, 2.24) is 4.98 Å². The van der Waals surface area contributed by atoms with E-state index >= 15 is 0 Å². The minimum absolute atomic E-state index is 0.355. The lowest BCUT2D eigenvalue weighted by atomic mass is 10.2. The highest BCUT2D eigenvalue weighted by atomic mass is 19.4. The van der Waals surface area contributed by atoms with Gasteiger partial charge in [-0.1, -0.05) is 0 Å². The highest BCUT2D eigenvalue weighted by Crippen LogP contribution is 2.31. The van der Waals surface area contributed by atoms with Gasteiger partial charge in [0, 0.05) is 6.20 Å². The second-order valence-corrected chi connectivity index (χ2v) is 2.55. The number of aromatic nitrogens is 1. The van der Waals surface area contributed by atoms with Gasteiger partial charge in [-0.2, -0.15) is 17.6 Å². The van der Waals surface area contributed by atoms with E-state index in [1.165, 1.54) is 0 Å². The lowest BCUT2D eigenvalue weighted by molar-refractivity contribution is -0.140. The van der Waals surface area contributed by atoms with Gasteiger partial charge in [-0.05, 0) is 6.07 Å².